The molecule has 0 amide bonds. The smallest absolute Gasteiger partial charge is 0.271 e. The van der Waals surface area contributed by atoms with Crippen LogP contribution in [0.1, 0.15) is 13.8 Å². The van der Waals surface area contributed by atoms with Crippen molar-refractivity contribution in [3.05, 3.63) is 40.2 Å². The highest BCUT2D eigenvalue weighted by atomic mass is 79.9. The number of halogens is 1. The molecule has 1 heterocycles. The Bertz CT molecular complexity index is 711. The van der Waals surface area contributed by atoms with Gasteiger partial charge in [0.25, 0.3) is 10.0 Å². The zero-order valence-corrected chi connectivity index (χ0v) is 14.9. The minimum Gasteiger partial charge on any atom is -0.493 e. The molecule has 114 valence electrons. The SMILES string of the molecule is CC(C)COc1cccc(NS(=O)(=O)c2ccc(Br)s2)c1. The van der Waals surface area contributed by atoms with Crippen LogP contribution in [0.2, 0.25) is 0 Å². The predicted octanol–water partition coefficient (Wildman–Crippen LogP) is 4.35. The van der Waals surface area contributed by atoms with Gasteiger partial charge in [-0.1, -0.05) is 19.9 Å². The third-order valence-corrected chi connectivity index (χ3v) is 5.98. The van der Waals surface area contributed by atoms with Gasteiger partial charge in [-0.15, -0.1) is 11.3 Å². The first-order chi connectivity index (χ1) is 9.87. The second kappa shape index (κ2) is 6.81. The van der Waals surface area contributed by atoms with E-state index in [4.69, 9.17) is 4.74 Å². The Morgan fingerprint density at radius 1 is 1.29 bits per heavy atom. The summed E-state index contributed by atoms with van der Waals surface area (Å²) in [4.78, 5) is 0. The first-order valence-corrected chi connectivity index (χ1v) is 9.47. The van der Waals surface area contributed by atoms with E-state index >= 15 is 0 Å². The van der Waals surface area contributed by atoms with E-state index in [1.54, 1.807) is 30.3 Å². The summed E-state index contributed by atoms with van der Waals surface area (Å²) in [5, 5.41) is 0. The Hall–Kier alpha value is -1.05. The molecule has 0 aliphatic rings. The molecular weight excluding hydrogens is 374 g/mol. The van der Waals surface area contributed by atoms with Crippen molar-refractivity contribution in [3.8, 4) is 5.75 Å². The van der Waals surface area contributed by atoms with Crippen molar-refractivity contribution < 1.29 is 13.2 Å². The molecule has 0 fully saturated rings. The van der Waals surface area contributed by atoms with Crippen LogP contribution in [0.4, 0.5) is 5.69 Å². The maximum absolute atomic E-state index is 12.2. The number of hydrogen-bond donors (Lipinski definition) is 1. The number of thiophene rings is 1. The highest BCUT2D eigenvalue weighted by molar-refractivity contribution is 9.11. The van der Waals surface area contributed by atoms with E-state index in [0.717, 1.165) is 3.79 Å². The lowest BCUT2D eigenvalue weighted by molar-refractivity contribution is 0.271. The number of nitrogens with one attached hydrogen (secondary N) is 1. The molecule has 0 atom stereocenters. The second-order valence-electron chi connectivity index (χ2n) is 4.90. The normalized spacial score (nSPS) is 11.6. The molecule has 0 saturated heterocycles. The molecular formula is C14H16BrNO3S2. The maximum atomic E-state index is 12.2. The van der Waals surface area contributed by atoms with E-state index in [1.807, 2.05) is 6.07 Å². The van der Waals surface area contributed by atoms with Gasteiger partial charge >= 0.3 is 0 Å². The van der Waals surface area contributed by atoms with Crippen molar-refractivity contribution in [1.82, 2.24) is 0 Å². The van der Waals surface area contributed by atoms with Gasteiger partial charge in [-0.05, 0) is 46.1 Å². The molecule has 1 aromatic carbocycles. The van der Waals surface area contributed by atoms with Crippen LogP contribution in [-0.2, 0) is 10.0 Å². The molecule has 0 saturated carbocycles. The second-order valence-corrected chi connectivity index (χ2v) is 9.27. The maximum Gasteiger partial charge on any atom is 0.271 e. The molecule has 0 unspecified atom stereocenters. The molecule has 1 N–H and O–H groups in total. The third-order valence-electron chi connectivity index (χ3n) is 2.48. The van der Waals surface area contributed by atoms with Gasteiger partial charge < -0.3 is 4.74 Å². The average molecular weight is 390 g/mol. The summed E-state index contributed by atoms with van der Waals surface area (Å²) in [5.74, 6) is 1.06. The molecule has 1 aromatic heterocycles. The van der Waals surface area contributed by atoms with Crippen LogP contribution < -0.4 is 9.46 Å². The van der Waals surface area contributed by atoms with Crippen LogP contribution >= 0.6 is 27.3 Å². The molecule has 4 nitrogen and oxygen atoms in total. The number of hydrogen-bond acceptors (Lipinski definition) is 4. The van der Waals surface area contributed by atoms with Gasteiger partial charge in [0.05, 0.1) is 16.1 Å². The van der Waals surface area contributed by atoms with Gasteiger partial charge in [-0.25, -0.2) is 8.42 Å². The van der Waals surface area contributed by atoms with Gasteiger partial charge in [0.2, 0.25) is 0 Å². The Balaban J connectivity index is 2.14. The number of ether oxygens (including phenoxy) is 1. The van der Waals surface area contributed by atoms with Crippen molar-refractivity contribution in [1.29, 1.82) is 0 Å². The summed E-state index contributed by atoms with van der Waals surface area (Å²) in [5.41, 5.74) is 0.487. The summed E-state index contributed by atoms with van der Waals surface area (Å²) in [7, 11) is -3.56. The molecule has 0 radical (unpaired) electrons. The van der Waals surface area contributed by atoms with E-state index in [1.165, 1.54) is 11.3 Å². The van der Waals surface area contributed by atoms with Crippen molar-refractivity contribution in [2.45, 2.75) is 18.1 Å². The monoisotopic (exact) mass is 389 g/mol. The Morgan fingerprint density at radius 2 is 2.05 bits per heavy atom. The van der Waals surface area contributed by atoms with E-state index < -0.39 is 10.0 Å². The number of sulfonamides is 1. The van der Waals surface area contributed by atoms with Gasteiger partial charge in [0.1, 0.15) is 9.96 Å². The minimum atomic E-state index is -3.56. The van der Waals surface area contributed by atoms with E-state index in [2.05, 4.69) is 34.5 Å². The van der Waals surface area contributed by atoms with Crippen molar-refractivity contribution in [2.75, 3.05) is 11.3 Å². The zero-order valence-electron chi connectivity index (χ0n) is 11.7. The number of benzene rings is 1. The Kier molecular flexibility index (Phi) is 5.29. The van der Waals surface area contributed by atoms with Crippen LogP contribution in [-0.4, -0.2) is 15.0 Å². The zero-order chi connectivity index (χ0) is 15.5. The molecule has 0 aliphatic carbocycles. The molecule has 21 heavy (non-hydrogen) atoms. The van der Waals surface area contributed by atoms with Crippen LogP contribution in [0.15, 0.2) is 44.4 Å². The predicted molar refractivity (Wildman–Crippen MR) is 89.6 cm³/mol. The minimum absolute atomic E-state index is 0.267. The van der Waals surface area contributed by atoms with Crippen molar-refractivity contribution >= 4 is 43.0 Å². The quantitative estimate of drug-likeness (QED) is 0.798. The summed E-state index contributed by atoms with van der Waals surface area (Å²) in [6.45, 7) is 4.70. The molecule has 0 aliphatic heterocycles. The standard InChI is InChI=1S/C14H16BrNO3S2/c1-10(2)9-19-12-5-3-4-11(8-12)16-21(17,18)14-7-6-13(15)20-14/h3-8,10,16H,9H2,1-2H3. The van der Waals surface area contributed by atoms with Crippen LogP contribution in [0.25, 0.3) is 0 Å². The van der Waals surface area contributed by atoms with Crippen LogP contribution in [0.3, 0.4) is 0 Å². The first-order valence-electron chi connectivity index (χ1n) is 6.38. The molecule has 7 heteroatoms. The highest BCUT2D eigenvalue weighted by Crippen LogP contribution is 2.28. The van der Waals surface area contributed by atoms with E-state index in [9.17, 15) is 8.42 Å². The van der Waals surface area contributed by atoms with Crippen molar-refractivity contribution in [2.24, 2.45) is 5.92 Å². The Morgan fingerprint density at radius 3 is 2.67 bits per heavy atom. The van der Waals surface area contributed by atoms with Gasteiger partial charge in [0.15, 0.2) is 0 Å². The fourth-order valence-electron chi connectivity index (χ4n) is 1.56. The highest BCUT2D eigenvalue weighted by Gasteiger charge is 2.16. The average Bonchev–Trinajstić information content (AvgIpc) is 2.84. The fraction of sp³-hybridized carbons (Fsp3) is 0.286. The number of anilines is 1. The van der Waals surface area contributed by atoms with E-state index in [-0.39, 0.29) is 4.21 Å². The fourth-order valence-corrected chi connectivity index (χ4v) is 4.62. The molecule has 2 rings (SSSR count). The number of rotatable bonds is 6. The Labute approximate surface area is 137 Å². The summed E-state index contributed by atoms with van der Waals surface area (Å²) >= 11 is 4.43. The molecule has 0 spiro atoms. The third kappa shape index (κ3) is 4.72. The van der Waals surface area contributed by atoms with Gasteiger partial charge in [0, 0.05) is 6.07 Å². The van der Waals surface area contributed by atoms with E-state index in [0.29, 0.717) is 24.0 Å². The van der Waals surface area contributed by atoms with Gasteiger partial charge in [-0.3, -0.25) is 4.72 Å². The molecule has 2 aromatic rings. The lowest BCUT2D eigenvalue weighted by Gasteiger charge is -2.11. The van der Waals surface area contributed by atoms with Crippen LogP contribution in [0.5, 0.6) is 5.75 Å². The molecule has 0 bridgehead atoms. The van der Waals surface area contributed by atoms with Crippen molar-refractivity contribution in [3.63, 3.8) is 0 Å². The summed E-state index contributed by atoms with van der Waals surface area (Å²) < 4.78 is 33.7. The lowest BCUT2D eigenvalue weighted by Crippen LogP contribution is -2.11. The summed E-state index contributed by atoms with van der Waals surface area (Å²) in [6.07, 6.45) is 0. The first kappa shape index (κ1) is 16.3. The summed E-state index contributed by atoms with van der Waals surface area (Å²) in [6, 6.07) is 10.2. The largest absolute Gasteiger partial charge is 0.493 e. The topological polar surface area (TPSA) is 55.4 Å². The lowest BCUT2D eigenvalue weighted by atomic mass is 10.2. The van der Waals surface area contributed by atoms with Gasteiger partial charge in [-0.2, -0.15) is 0 Å². The van der Waals surface area contributed by atoms with Crippen LogP contribution in [0, 0.1) is 5.92 Å².